The molecule has 36 heavy (non-hydrogen) atoms. The van der Waals surface area contributed by atoms with Gasteiger partial charge in [0.15, 0.2) is 17.7 Å². The number of piperidine rings is 3. The van der Waals surface area contributed by atoms with E-state index in [4.69, 9.17) is 4.74 Å². The Bertz CT molecular complexity index is 1210. The van der Waals surface area contributed by atoms with Gasteiger partial charge in [0.2, 0.25) is 0 Å². The molecule has 3 saturated heterocycles. The van der Waals surface area contributed by atoms with Crippen LogP contribution in [0, 0.1) is 23.4 Å². The quantitative estimate of drug-likeness (QED) is 0.371. The maximum Gasteiger partial charge on any atom is 0.415 e. The van der Waals surface area contributed by atoms with Crippen LogP contribution in [-0.4, -0.2) is 42.9 Å². The van der Waals surface area contributed by atoms with Crippen LogP contribution in [-0.2, 0) is 17.7 Å². The van der Waals surface area contributed by atoms with Crippen molar-refractivity contribution in [1.82, 2.24) is 0 Å². The summed E-state index contributed by atoms with van der Waals surface area (Å²) >= 11 is 0. The largest absolute Gasteiger partial charge is 0.440 e. The third-order valence-electron chi connectivity index (χ3n) is 7.68. The van der Waals surface area contributed by atoms with Gasteiger partial charge in [-0.1, -0.05) is 42.5 Å². The lowest BCUT2D eigenvalue weighted by Gasteiger charge is -2.52. The zero-order valence-electron chi connectivity index (χ0n) is 20.1. The fraction of sp³-hybridized carbons (Fsp3) is 0.345. The number of fused-ring (bicyclic) bond motifs is 3. The zero-order chi connectivity index (χ0) is 25.1. The normalized spacial score (nSPS) is 22.9. The van der Waals surface area contributed by atoms with E-state index in [1.807, 2.05) is 6.07 Å². The van der Waals surface area contributed by atoms with E-state index in [0.29, 0.717) is 17.2 Å². The maximum atomic E-state index is 14.0. The van der Waals surface area contributed by atoms with Crippen LogP contribution < -0.4 is 4.90 Å². The second kappa shape index (κ2) is 10.3. The number of rotatable bonds is 7. The SMILES string of the molecule is O=C(OC1C[N+]2(CCc3ccccc3)CCC1CC2)N(Cc1ccc(F)c(F)c1)c1cccc(F)c1. The molecule has 1 amide bonds. The maximum absolute atomic E-state index is 14.0. The first-order chi connectivity index (χ1) is 17.4. The van der Waals surface area contributed by atoms with Crippen LogP contribution in [0.25, 0.3) is 0 Å². The Labute approximate surface area is 209 Å². The zero-order valence-corrected chi connectivity index (χ0v) is 20.1. The number of benzene rings is 3. The number of hydrogen-bond acceptors (Lipinski definition) is 2. The van der Waals surface area contributed by atoms with Crippen molar-refractivity contribution < 1.29 is 27.2 Å². The van der Waals surface area contributed by atoms with E-state index < -0.39 is 23.5 Å². The summed E-state index contributed by atoms with van der Waals surface area (Å²) in [4.78, 5) is 14.7. The van der Waals surface area contributed by atoms with Crippen LogP contribution in [0.1, 0.15) is 24.0 Å². The number of quaternary nitrogens is 1. The average Bonchev–Trinajstić information content (AvgIpc) is 2.89. The topological polar surface area (TPSA) is 29.5 Å². The summed E-state index contributed by atoms with van der Waals surface area (Å²) < 4.78 is 48.3. The molecule has 6 rings (SSSR count). The van der Waals surface area contributed by atoms with E-state index in [9.17, 15) is 18.0 Å². The number of hydrogen-bond donors (Lipinski definition) is 0. The Hall–Kier alpha value is -3.32. The first-order valence-corrected chi connectivity index (χ1v) is 12.5. The number of halogens is 3. The molecule has 0 spiro atoms. The standard InChI is InChI=1S/C29H30F3N2O2/c30-24-7-4-8-25(18-24)33(19-22-9-10-26(31)27(32)17-22)29(35)36-28-20-34(15-12-23(28)13-16-34)14-11-21-5-2-1-3-6-21/h1-10,17-18,23,28H,11-16,19-20H2/q+1. The van der Waals surface area contributed by atoms with Crippen molar-refractivity contribution in [3.8, 4) is 0 Å². The minimum absolute atomic E-state index is 0.0646. The van der Waals surface area contributed by atoms with Gasteiger partial charge in [-0.2, -0.15) is 0 Å². The summed E-state index contributed by atoms with van der Waals surface area (Å²) in [5.41, 5.74) is 1.99. The Balaban J connectivity index is 1.32. The predicted octanol–water partition coefficient (Wildman–Crippen LogP) is 6.10. The molecule has 7 heteroatoms. The molecular formula is C29H30F3N2O2+. The third kappa shape index (κ3) is 5.41. The first-order valence-electron chi connectivity index (χ1n) is 12.5. The summed E-state index contributed by atoms with van der Waals surface area (Å²) in [5, 5.41) is 0. The van der Waals surface area contributed by atoms with Crippen molar-refractivity contribution in [3.05, 3.63) is 101 Å². The Morgan fingerprint density at radius 1 is 0.889 bits per heavy atom. The Morgan fingerprint density at radius 2 is 1.67 bits per heavy atom. The lowest BCUT2D eigenvalue weighted by atomic mass is 9.83. The molecule has 3 heterocycles. The van der Waals surface area contributed by atoms with E-state index >= 15 is 0 Å². The molecule has 0 N–H and O–H groups in total. The summed E-state index contributed by atoms with van der Waals surface area (Å²) in [6.07, 6.45) is 2.12. The monoisotopic (exact) mass is 495 g/mol. The molecule has 3 fully saturated rings. The van der Waals surface area contributed by atoms with Crippen molar-refractivity contribution in [2.75, 3.05) is 31.1 Å². The minimum atomic E-state index is -0.998. The minimum Gasteiger partial charge on any atom is -0.440 e. The number of amides is 1. The highest BCUT2D eigenvalue weighted by molar-refractivity contribution is 5.87. The number of carbonyl (C=O) groups excluding carboxylic acids is 1. The van der Waals surface area contributed by atoms with E-state index in [1.54, 1.807) is 6.07 Å². The predicted molar refractivity (Wildman–Crippen MR) is 132 cm³/mol. The Kier molecular flexibility index (Phi) is 7.01. The molecule has 3 aliphatic heterocycles. The van der Waals surface area contributed by atoms with Crippen LogP contribution in [0.4, 0.5) is 23.7 Å². The third-order valence-corrected chi connectivity index (χ3v) is 7.68. The van der Waals surface area contributed by atoms with Gasteiger partial charge < -0.3 is 9.22 Å². The van der Waals surface area contributed by atoms with Crippen molar-refractivity contribution in [2.45, 2.75) is 31.9 Å². The van der Waals surface area contributed by atoms with Gasteiger partial charge in [-0.25, -0.2) is 18.0 Å². The number of nitrogens with zero attached hydrogens (tertiary/aromatic N) is 2. The van der Waals surface area contributed by atoms with E-state index in [0.717, 1.165) is 62.1 Å². The highest BCUT2D eigenvalue weighted by Crippen LogP contribution is 2.36. The molecule has 0 saturated carbocycles. The molecule has 3 aromatic rings. The molecule has 188 valence electrons. The summed E-state index contributed by atoms with van der Waals surface area (Å²) in [7, 11) is 0. The van der Waals surface area contributed by atoms with Gasteiger partial charge in [-0.05, 0) is 41.5 Å². The molecule has 3 aromatic carbocycles. The van der Waals surface area contributed by atoms with Gasteiger partial charge in [-0.3, -0.25) is 4.90 Å². The Morgan fingerprint density at radius 3 is 2.39 bits per heavy atom. The van der Waals surface area contributed by atoms with Crippen molar-refractivity contribution in [1.29, 1.82) is 0 Å². The lowest BCUT2D eigenvalue weighted by Crippen LogP contribution is -2.65. The van der Waals surface area contributed by atoms with E-state index in [-0.39, 0.29) is 12.6 Å². The molecule has 0 aromatic heterocycles. The number of ether oxygens (including phenoxy) is 1. The fourth-order valence-electron chi connectivity index (χ4n) is 5.60. The molecule has 2 bridgehead atoms. The van der Waals surface area contributed by atoms with E-state index in [2.05, 4.69) is 24.3 Å². The highest BCUT2D eigenvalue weighted by Gasteiger charge is 2.47. The van der Waals surface area contributed by atoms with Crippen LogP contribution >= 0.6 is 0 Å². The number of anilines is 1. The molecule has 0 radical (unpaired) electrons. The van der Waals surface area contributed by atoms with Crippen LogP contribution in [0.5, 0.6) is 0 Å². The molecule has 3 aliphatic rings. The van der Waals surface area contributed by atoms with Gasteiger partial charge >= 0.3 is 6.09 Å². The highest BCUT2D eigenvalue weighted by atomic mass is 19.2. The molecule has 0 aliphatic carbocycles. The van der Waals surface area contributed by atoms with Gasteiger partial charge in [0.25, 0.3) is 0 Å². The van der Waals surface area contributed by atoms with Crippen LogP contribution in [0.3, 0.4) is 0 Å². The summed E-state index contributed by atoms with van der Waals surface area (Å²) in [6, 6.07) is 19.5. The summed E-state index contributed by atoms with van der Waals surface area (Å²) in [5.74, 6) is -2.16. The van der Waals surface area contributed by atoms with Gasteiger partial charge in [0, 0.05) is 25.2 Å². The average molecular weight is 496 g/mol. The van der Waals surface area contributed by atoms with Crippen LogP contribution in [0.2, 0.25) is 0 Å². The fourth-order valence-corrected chi connectivity index (χ4v) is 5.60. The van der Waals surface area contributed by atoms with Gasteiger partial charge in [-0.15, -0.1) is 0 Å². The van der Waals surface area contributed by atoms with Crippen molar-refractivity contribution in [2.24, 2.45) is 5.92 Å². The van der Waals surface area contributed by atoms with Gasteiger partial charge in [0.1, 0.15) is 12.4 Å². The number of carbonyl (C=O) groups is 1. The second-order valence-corrected chi connectivity index (χ2v) is 10.0. The first kappa shape index (κ1) is 24.4. The van der Waals surface area contributed by atoms with Crippen molar-refractivity contribution in [3.63, 3.8) is 0 Å². The van der Waals surface area contributed by atoms with Crippen molar-refractivity contribution >= 4 is 11.8 Å². The molecule has 1 atom stereocenters. The second-order valence-electron chi connectivity index (χ2n) is 10.0. The molecular weight excluding hydrogens is 465 g/mol. The smallest absolute Gasteiger partial charge is 0.415 e. The lowest BCUT2D eigenvalue weighted by molar-refractivity contribution is -0.945. The molecule has 1 unspecified atom stereocenters. The molecule has 4 nitrogen and oxygen atoms in total. The van der Waals surface area contributed by atoms with Gasteiger partial charge in [0.05, 0.1) is 31.9 Å². The van der Waals surface area contributed by atoms with E-state index in [1.165, 1.54) is 34.7 Å². The summed E-state index contributed by atoms with van der Waals surface area (Å²) in [6.45, 7) is 3.84. The van der Waals surface area contributed by atoms with Crippen LogP contribution in [0.15, 0.2) is 72.8 Å².